The van der Waals surface area contributed by atoms with Crippen LogP contribution in [0.4, 0.5) is 13.6 Å². The van der Waals surface area contributed by atoms with E-state index in [0.29, 0.717) is 6.07 Å². The average molecular weight is 335 g/mol. The van der Waals surface area contributed by atoms with Crippen LogP contribution in [0.1, 0.15) is 23.6 Å². The van der Waals surface area contributed by atoms with Crippen molar-refractivity contribution in [1.29, 1.82) is 0 Å². The van der Waals surface area contributed by atoms with Crippen LogP contribution in [-0.4, -0.2) is 17.2 Å². The Balaban J connectivity index is 2.05. The van der Waals surface area contributed by atoms with Crippen molar-refractivity contribution in [1.82, 2.24) is 5.32 Å². The summed E-state index contributed by atoms with van der Waals surface area (Å²) < 4.78 is 31.6. The maximum absolute atomic E-state index is 13.3. The van der Waals surface area contributed by atoms with Crippen molar-refractivity contribution in [2.75, 3.05) is 0 Å². The molecule has 0 aliphatic rings. The molecule has 2 aromatic carbocycles. The van der Waals surface area contributed by atoms with E-state index in [9.17, 15) is 18.4 Å². The number of aliphatic carboxylic acids is 1. The van der Waals surface area contributed by atoms with Crippen molar-refractivity contribution in [3.63, 3.8) is 0 Å². The molecule has 1 amide bonds. The number of carbonyl (C=O) groups is 2. The van der Waals surface area contributed by atoms with Crippen LogP contribution >= 0.6 is 0 Å². The molecule has 2 aromatic rings. The summed E-state index contributed by atoms with van der Waals surface area (Å²) >= 11 is 0. The summed E-state index contributed by atoms with van der Waals surface area (Å²) in [7, 11) is 0. The number of rotatable bonds is 6. The Bertz CT molecular complexity index is 702. The lowest BCUT2D eigenvalue weighted by Crippen LogP contribution is -2.30. The van der Waals surface area contributed by atoms with Crippen LogP contribution < -0.4 is 5.32 Å². The van der Waals surface area contributed by atoms with Crippen molar-refractivity contribution in [2.24, 2.45) is 0 Å². The molecule has 2 N–H and O–H groups in total. The summed E-state index contributed by atoms with van der Waals surface area (Å²) in [6.45, 7) is -0.00994. The van der Waals surface area contributed by atoms with Gasteiger partial charge in [-0.3, -0.25) is 4.79 Å². The molecule has 0 unspecified atom stereocenters. The maximum Gasteiger partial charge on any atom is 0.407 e. The van der Waals surface area contributed by atoms with E-state index < -0.39 is 36.2 Å². The van der Waals surface area contributed by atoms with Gasteiger partial charge in [0.1, 0.15) is 18.2 Å². The zero-order chi connectivity index (χ0) is 17.5. The van der Waals surface area contributed by atoms with E-state index in [1.54, 1.807) is 24.3 Å². The van der Waals surface area contributed by atoms with Crippen LogP contribution in [0.3, 0.4) is 0 Å². The molecule has 1 atom stereocenters. The van der Waals surface area contributed by atoms with Gasteiger partial charge in [-0.2, -0.15) is 0 Å². The molecule has 0 bridgehead atoms. The molecule has 0 fully saturated rings. The number of carboxylic acid groups (broad SMARTS) is 1. The van der Waals surface area contributed by atoms with Crippen LogP contribution in [0.25, 0.3) is 0 Å². The second kappa shape index (κ2) is 8.05. The van der Waals surface area contributed by atoms with Crippen molar-refractivity contribution in [3.8, 4) is 0 Å². The first-order chi connectivity index (χ1) is 11.4. The quantitative estimate of drug-likeness (QED) is 0.848. The highest BCUT2D eigenvalue weighted by molar-refractivity contribution is 5.72. The first-order valence-corrected chi connectivity index (χ1v) is 7.09. The highest BCUT2D eigenvalue weighted by Crippen LogP contribution is 2.20. The van der Waals surface area contributed by atoms with Gasteiger partial charge < -0.3 is 15.2 Å². The van der Waals surface area contributed by atoms with E-state index in [4.69, 9.17) is 9.84 Å². The third-order valence-corrected chi connectivity index (χ3v) is 3.17. The van der Waals surface area contributed by atoms with Gasteiger partial charge in [0.25, 0.3) is 0 Å². The van der Waals surface area contributed by atoms with Crippen LogP contribution in [0, 0.1) is 11.6 Å². The molecule has 0 spiro atoms. The first kappa shape index (κ1) is 17.4. The molecule has 0 saturated heterocycles. The fourth-order valence-corrected chi connectivity index (χ4v) is 2.11. The lowest BCUT2D eigenvalue weighted by Gasteiger charge is -2.17. The highest BCUT2D eigenvalue weighted by Gasteiger charge is 2.20. The Kier molecular flexibility index (Phi) is 5.83. The summed E-state index contributed by atoms with van der Waals surface area (Å²) in [6, 6.07) is 10.4. The smallest absolute Gasteiger partial charge is 0.407 e. The highest BCUT2D eigenvalue weighted by atomic mass is 19.1. The second-order valence-electron chi connectivity index (χ2n) is 5.06. The summed E-state index contributed by atoms with van der Waals surface area (Å²) in [6.07, 6.45) is -1.42. The predicted molar refractivity (Wildman–Crippen MR) is 81.1 cm³/mol. The number of nitrogens with one attached hydrogen (secondary N) is 1. The van der Waals surface area contributed by atoms with E-state index in [1.807, 2.05) is 6.07 Å². The molecule has 0 aromatic heterocycles. The number of benzene rings is 2. The molecule has 126 valence electrons. The molecule has 0 aliphatic heterocycles. The van der Waals surface area contributed by atoms with Gasteiger partial charge in [0.05, 0.1) is 12.5 Å². The molecule has 0 saturated carbocycles. The lowest BCUT2D eigenvalue weighted by atomic mass is 10.0. The van der Waals surface area contributed by atoms with Crippen molar-refractivity contribution in [3.05, 3.63) is 71.3 Å². The zero-order valence-electron chi connectivity index (χ0n) is 12.5. The number of carboxylic acids is 1. The minimum atomic E-state index is -1.23. The minimum Gasteiger partial charge on any atom is -0.481 e. The van der Waals surface area contributed by atoms with Crippen molar-refractivity contribution in [2.45, 2.75) is 19.1 Å². The lowest BCUT2D eigenvalue weighted by molar-refractivity contribution is -0.137. The van der Waals surface area contributed by atoms with Gasteiger partial charge in [0.15, 0.2) is 0 Å². The third-order valence-electron chi connectivity index (χ3n) is 3.17. The molecular formula is C17H15F2NO4. The fraction of sp³-hybridized carbons (Fsp3) is 0.176. The number of halogens is 2. The Morgan fingerprint density at radius 2 is 1.71 bits per heavy atom. The number of carbonyl (C=O) groups excluding carboxylic acids is 1. The molecule has 0 aliphatic carbocycles. The number of hydrogen-bond acceptors (Lipinski definition) is 3. The van der Waals surface area contributed by atoms with Gasteiger partial charge in [0, 0.05) is 6.07 Å². The summed E-state index contributed by atoms with van der Waals surface area (Å²) in [4.78, 5) is 22.8. The summed E-state index contributed by atoms with van der Waals surface area (Å²) in [5, 5.41) is 11.2. The Hall–Kier alpha value is -2.96. The number of alkyl carbamates (subject to hydrolysis) is 1. The molecule has 2 rings (SSSR count). The van der Waals surface area contributed by atoms with E-state index in [1.165, 1.54) is 0 Å². The maximum atomic E-state index is 13.3. The van der Waals surface area contributed by atoms with Crippen LogP contribution in [-0.2, 0) is 16.1 Å². The molecular weight excluding hydrogens is 320 g/mol. The van der Waals surface area contributed by atoms with Crippen LogP contribution in [0.5, 0.6) is 0 Å². The fourth-order valence-electron chi connectivity index (χ4n) is 2.11. The third kappa shape index (κ3) is 5.35. The Morgan fingerprint density at radius 3 is 2.29 bits per heavy atom. The van der Waals surface area contributed by atoms with Gasteiger partial charge in [-0.05, 0) is 23.3 Å². The number of ether oxygens (including phenoxy) is 1. The SMILES string of the molecule is O=C(O)C[C@@H](NC(=O)OCc1ccccc1)c1cc(F)cc(F)c1. The van der Waals surface area contributed by atoms with Gasteiger partial charge >= 0.3 is 12.1 Å². The van der Waals surface area contributed by atoms with E-state index in [-0.39, 0.29) is 12.2 Å². The van der Waals surface area contributed by atoms with Gasteiger partial charge in [-0.25, -0.2) is 13.6 Å². The molecule has 5 nitrogen and oxygen atoms in total. The largest absolute Gasteiger partial charge is 0.481 e. The monoisotopic (exact) mass is 335 g/mol. The van der Waals surface area contributed by atoms with Crippen LogP contribution in [0.15, 0.2) is 48.5 Å². The standard InChI is InChI=1S/C17H15F2NO4/c18-13-6-12(7-14(19)8-13)15(9-16(21)22)20-17(23)24-10-11-4-2-1-3-5-11/h1-8,15H,9-10H2,(H,20,23)(H,21,22)/t15-/m1/s1. The zero-order valence-corrected chi connectivity index (χ0v) is 12.5. The molecule has 24 heavy (non-hydrogen) atoms. The molecule has 0 radical (unpaired) electrons. The summed E-state index contributed by atoms with van der Waals surface area (Å²) in [5.41, 5.74) is 0.755. The van der Waals surface area contributed by atoms with E-state index >= 15 is 0 Å². The molecule has 0 heterocycles. The number of amides is 1. The van der Waals surface area contributed by atoms with Gasteiger partial charge in [0.2, 0.25) is 0 Å². The van der Waals surface area contributed by atoms with E-state index in [2.05, 4.69) is 5.32 Å². The second-order valence-corrected chi connectivity index (χ2v) is 5.06. The normalized spacial score (nSPS) is 11.6. The topological polar surface area (TPSA) is 75.6 Å². The Morgan fingerprint density at radius 1 is 1.08 bits per heavy atom. The number of hydrogen-bond donors (Lipinski definition) is 2. The average Bonchev–Trinajstić information content (AvgIpc) is 2.52. The first-order valence-electron chi connectivity index (χ1n) is 7.09. The molecule has 7 heteroatoms. The van der Waals surface area contributed by atoms with Crippen LogP contribution in [0.2, 0.25) is 0 Å². The van der Waals surface area contributed by atoms with Crippen molar-refractivity contribution >= 4 is 12.1 Å². The predicted octanol–water partition coefficient (Wildman–Crippen LogP) is 3.41. The van der Waals surface area contributed by atoms with E-state index in [0.717, 1.165) is 17.7 Å². The van der Waals surface area contributed by atoms with Gasteiger partial charge in [-0.15, -0.1) is 0 Å². The Labute approximate surface area is 136 Å². The summed E-state index contributed by atoms with van der Waals surface area (Å²) in [5.74, 6) is -2.95. The van der Waals surface area contributed by atoms with Gasteiger partial charge in [-0.1, -0.05) is 30.3 Å². The minimum absolute atomic E-state index is 0.00608. The van der Waals surface area contributed by atoms with Crippen molar-refractivity contribution < 1.29 is 28.2 Å².